The summed E-state index contributed by atoms with van der Waals surface area (Å²) in [6, 6.07) is 7.98. The minimum atomic E-state index is -3.14. The van der Waals surface area contributed by atoms with Gasteiger partial charge in [-0.15, -0.1) is 0 Å². The standard InChI is InChI=1S/C14H24N2O3S/c1-5-14(12-6-8-13(19-4)9-7-12)15-10-11-20(17,18)16(2)3/h6-9,14-15H,5,10-11H2,1-4H3. The number of benzene rings is 1. The maximum atomic E-state index is 11.7. The second-order valence-corrected chi connectivity index (χ2v) is 7.09. The largest absolute Gasteiger partial charge is 0.497 e. The summed E-state index contributed by atoms with van der Waals surface area (Å²) in [5, 5.41) is 3.29. The maximum Gasteiger partial charge on any atom is 0.214 e. The number of hydrogen-bond acceptors (Lipinski definition) is 4. The Morgan fingerprint density at radius 3 is 2.30 bits per heavy atom. The first kappa shape index (κ1) is 16.9. The molecule has 6 heteroatoms. The molecule has 0 radical (unpaired) electrons. The zero-order valence-corrected chi connectivity index (χ0v) is 13.4. The van der Waals surface area contributed by atoms with Crippen LogP contribution in [-0.2, 0) is 10.0 Å². The summed E-state index contributed by atoms with van der Waals surface area (Å²) < 4.78 is 29.8. The SMILES string of the molecule is CCC(NCCS(=O)(=O)N(C)C)c1ccc(OC)cc1. The van der Waals surface area contributed by atoms with Crippen molar-refractivity contribution in [1.82, 2.24) is 9.62 Å². The first-order valence-electron chi connectivity index (χ1n) is 6.68. The number of rotatable bonds is 8. The molecule has 0 heterocycles. The normalized spacial score (nSPS) is 13.4. The van der Waals surface area contributed by atoms with Crippen LogP contribution < -0.4 is 10.1 Å². The van der Waals surface area contributed by atoms with Gasteiger partial charge in [0, 0.05) is 26.7 Å². The molecule has 1 aromatic carbocycles. The number of methoxy groups -OCH3 is 1. The lowest BCUT2D eigenvalue weighted by Crippen LogP contribution is -2.32. The number of hydrogen-bond donors (Lipinski definition) is 1. The molecule has 5 nitrogen and oxygen atoms in total. The molecule has 1 unspecified atom stereocenters. The minimum Gasteiger partial charge on any atom is -0.497 e. The molecule has 1 rings (SSSR count). The van der Waals surface area contributed by atoms with Gasteiger partial charge in [0.25, 0.3) is 0 Å². The molecule has 0 aliphatic heterocycles. The van der Waals surface area contributed by atoms with Gasteiger partial charge in [-0.25, -0.2) is 12.7 Å². The molecule has 0 amide bonds. The number of nitrogens with zero attached hydrogens (tertiary/aromatic N) is 1. The lowest BCUT2D eigenvalue weighted by Gasteiger charge is -2.19. The molecule has 0 saturated heterocycles. The quantitative estimate of drug-likeness (QED) is 0.793. The van der Waals surface area contributed by atoms with Crippen LogP contribution in [0.2, 0.25) is 0 Å². The van der Waals surface area contributed by atoms with Crippen molar-refractivity contribution in [3.63, 3.8) is 0 Å². The molecule has 0 bridgehead atoms. The zero-order chi connectivity index (χ0) is 15.2. The van der Waals surface area contributed by atoms with Gasteiger partial charge >= 0.3 is 0 Å². The average molecular weight is 300 g/mol. The molecular formula is C14H24N2O3S. The van der Waals surface area contributed by atoms with Gasteiger partial charge in [-0.1, -0.05) is 19.1 Å². The summed E-state index contributed by atoms with van der Waals surface area (Å²) in [4.78, 5) is 0. The Hall–Kier alpha value is -1.11. The first-order valence-corrected chi connectivity index (χ1v) is 8.29. The highest BCUT2D eigenvalue weighted by molar-refractivity contribution is 7.89. The van der Waals surface area contributed by atoms with Crippen LogP contribution in [0.5, 0.6) is 5.75 Å². The van der Waals surface area contributed by atoms with Crippen molar-refractivity contribution in [3.8, 4) is 5.75 Å². The third-order valence-corrected chi connectivity index (χ3v) is 5.07. The van der Waals surface area contributed by atoms with Gasteiger partial charge in [0.1, 0.15) is 5.75 Å². The Morgan fingerprint density at radius 2 is 1.85 bits per heavy atom. The van der Waals surface area contributed by atoms with Crippen molar-refractivity contribution in [3.05, 3.63) is 29.8 Å². The summed E-state index contributed by atoms with van der Waals surface area (Å²) in [5.74, 6) is 0.922. The van der Waals surface area contributed by atoms with E-state index >= 15 is 0 Å². The zero-order valence-electron chi connectivity index (χ0n) is 12.6. The van der Waals surface area contributed by atoms with Crippen LogP contribution in [0, 0.1) is 0 Å². The Labute approximate surface area is 122 Å². The van der Waals surface area contributed by atoms with Crippen molar-refractivity contribution in [2.45, 2.75) is 19.4 Å². The van der Waals surface area contributed by atoms with Crippen LogP contribution in [-0.4, -0.2) is 46.2 Å². The summed E-state index contributed by atoms with van der Waals surface area (Å²) in [5.41, 5.74) is 1.13. The molecule has 0 aliphatic rings. The van der Waals surface area contributed by atoms with Gasteiger partial charge in [-0.2, -0.15) is 0 Å². The maximum absolute atomic E-state index is 11.7. The molecule has 1 aromatic rings. The van der Waals surface area contributed by atoms with Gasteiger partial charge in [0.15, 0.2) is 0 Å². The van der Waals surface area contributed by atoms with E-state index in [2.05, 4.69) is 12.2 Å². The Morgan fingerprint density at radius 1 is 1.25 bits per heavy atom. The smallest absolute Gasteiger partial charge is 0.214 e. The van der Waals surface area contributed by atoms with Crippen LogP contribution in [0.4, 0.5) is 0 Å². The van der Waals surface area contributed by atoms with Crippen molar-refractivity contribution < 1.29 is 13.2 Å². The molecule has 0 saturated carbocycles. The van der Waals surface area contributed by atoms with Crippen molar-refractivity contribution in [2.75, 3.05) is 33.5 Å². The van der Waals surface area contributed by atoms with Gasteiger partial charge < -0.3 is 10.1 Å². The summed E-state index contributed by atoms with van der Waals surface area (Å²) in [6.45, 7) is 2.51. The molecule has 20 heavy (non-hydrogen) atoms. The molecule has 1 N–H and O–H groups in total. The molecule has 1 atom stereocenters. The highest BCUT2D eigenvalue weighted by Gasteiger charge is 2.15. The fraction of sp³-hybridized carbons (Fsp3) is 0.571. The van der Waals surface area contributed by atoms with Gasteiger partial charge in [0.2, 0.25) is 10.0 Å². The van der Waals surface area contributed by atoms with Gasteiger partial charge in [-0.05, 0) is 24.1 Å². The topological polar surface area (TPSA) is 58.6 Å². The molecule has 0 fully saturated rings. The molecule has 0 aromatic heterocycles. The summed E-state index contributed by atoms with van der Waals surface area (Å²) in [7, 11) is 1.59. The van der Waals surface area contributed by atoms with Crippen LogP contribution in [0.15, 0.2) is 24.3 Å². The molecule has 0 aliphatic carbocycles. The van der Waals surface area contributed by atoms with Gasteiger partial charge in [0.05, 0.1) is 12.9 Å². The average Bonchev–Trinajstić information content (AvgIpc) is 2.43. The van der Waals surface area contributed by atoms with E-state index in [0.29, 0.717) is 6.54 Å². The van der Waals surface area contributed by atoms with Crippen LogP contribution in [0.1, 0.15) is 24.9 Å². The third kappa shape index (κ3) is 4.77. The van der Waals surface area contributed by atoms with Crippen molar-refractivity contribution in [1.29, 1.82) is 0 Å². The summed E-state index contributed by atoms with van der Waals surface area (Å²) in [6.07, 6.45) is 0.897. The van der Waals surface area contributed by atoms with E-state index in [1.807, 2.05) is 24.3 Å². The predicted octanol–water partition coefficient (Wildman–Crippen LogP) is 1.63. The highest BCUT2D eigenvalue weighted by Crippen LogP contribution is 2.19. The first-order chi connectivity index (χ1) is 9.40. The second kappa shape index (κ2) is 7.61. The van der Waals surface area contributed by atoms with E-state index in [1.54, 1.807) is 21.2 Å². The fourth-order valence-electron chi connectivity index (χ4n) is 1.88. The van der Waals surface area contributed by atoms with Crippen LogP contribution >= 0.6 is 0 Å². The van der Waals surface area contributed by atoms with Crippen molar-refractivity contribution >= 4 is 10.0 Å². The Balaban J connectivity index is 2.59. The molecule has 0 spiro atoms. The lowest BCUT2D eigenvalue weighted by atomic mass is 10.0. The molecule has 114 valence electrons. The van der Waals surface area contributed by atoms with E-state index in [4.69, 9.17) is 4.74 Å². The number of sulfonamides is 1. The Bertz CT molecular complexity index is 498. The number of ether oxygens (including phenoxy) is 1. The minimum absolute atomic E-state index is 0.104. The van der Waals surface area contributed by atoms with Gasteiger partial charge in [-0.3, -0.25) is 0 Å². The summed E-state index contributed by atoms with van der Waals surface area (Å²) >= 11 is 0. The predicted molar refractivity (Wildman–Crippen MR) is 81.5 cm³/mol. The van der Waals surface area contributed by atoms with E-state index in [1.165, 1.54) is 4.31 Å². The monoisotopic (exact) mass is 300 g/mol. The highest BCUT2D eigenvalue weighted by atomic mass is 32.2. The Kier molecular flexibility index (Phi) is 6.45. The molecular weight excluding hydrogens is 276 g/mol. The van der Waals surface area contributed by atoms with Crippen LogP contribution in [0.3, 0.4) is 0 Å². The van der Waals surface area contributed by atoms with E-state index < -0.39 is 10.0 Å². The third-order valence-electron chi connectivity index (χ3n) is 3.23. The van der Waals surface area contributed by atoms with E-state index in [0.717, 1.165) is 17.7 Å². The fourth-order valence-corrected chi connectivity index (χ4v) is 2.62. The lowest BCUT2D eigenvalue weighted by molar-refractivity contribution is 0.414. The number of nitrogens with one attached hydrogen (secondary N) is 1. The second-order valence-electron chi connectivity index (χ2n) is 4.79. The van der Waals surface area contributed by atoms with E-state index in [9.17, 15) is 8.42 Å². The van der Waals surface area contributed by atoms with E-state index in [-0.39, 0.29) is 11.8 Å². The van der Waals surface area contributed by atoms with Crippen LogP contribution in [0.25, 0.3) is 0 Å². The van der Waals surface area contributed by atoms with Crippen molar-refractivity contribution in [2.24, 2.45) is 0 Å².